The molecule has 0 bridgehead atoms. The van der Waals surface area contributed by atoms with Crippen LogP contribution >= 0.6 is 0 Å². The fourth-order valence-electron chi connectivity index (χ4n) is 4.03. The fraction of sp³-hybridized carbons (Fsp3) is 0.524. The molecule has 0 spiro atoms. The molecule has 3 aromatic rings. The van der Waals surface area contributed by atoms with Gasteiger partial charge in [0.25, 0.3) is 0 Å². The van der Waals surface area contributed by atoms with Crippen molar-refractivity contribution in [3.8, 4) is 11.3 Å². The maximum Gasteiger partial charge on any atom is 0.225 e. The van der Waals surface area contributed by atoms with Gasteiger partial charge in [-0.05, 0) is 33.1 Å². The Kier molecular flexibility index (Phi) is 4.91. The Morgan fingerprint density at radius 1 is 1.32 bits per heavy atom. The molecule has 3 aromatic heterocycles. The summed E-state index contributed by atoms with van der Waals surface area (Å²) in [6.45, 7) is 9.47. The van der Waals surface area contributed by atoms with Gasteiger partial charge in [0.05, 0.1) is 22.6 Å². The largest absolute Gasteiger partial charge is 0.356 e. The highest BCUT2D eigenvalue weighted by molar-refractivity contribution is 5.78. The van der Waals surface area contributed by atoms with Crippen LogP contribution in [-0.4, -0.2) is 43.7 Å². The number of likely N-dealkylation sites (tertiary alicyclic amines) is 1. The predicted molar refractivity (Wildman–Crippen MR) is 106 cm³/mol. The van der Waals surface area contributed by atoms with Crippen LogP contribution in [0.5, 0.6) is 0 Å². The number of hydrogen-bond donors (Lipinski definition) is 0. The van der Waals surface area contributed by atoms with Crippen LogP contribution in [0.4, 0.5) is 0 Å². The second kappa shape index (κ2) is 7.37. The van der Waals surface area contributed by atoms with E-state index in [1.807, 2.05) is 48.5 Å². The summed E-state index contributed by atoms with van der Waals surface area (Å²) in [7, 11) is 0. The number of piperidine rings is 1. The standard InChI is InChI=1S/C21H27N5O2/c1-5-13(2)21(27)25-8-6-7-16(12-25)20-17(18-9-15(4)24-28-18)11-22-19-10-14(3)23-26(19)20/h9-11,13,16H,5-8,12H2,1-4H3/t13-,16+/m1/s1. The molecular weight excluding hydrogens is 354 g/mol. The minimum Gasteiger partial charge on any atom is -0.356 e. The number of hydrogen-bond acceptors (Lipinski definition) is 5. The van der Waals surface area contributed by atoms with Crippen LogP contribution in [0.15, 0.2) is 22.9 Å². The molecule has 0 aliphatic carbocycles. The summed E-state index contributed by atoms with van der Waals surface area (Å²) in [4.78, 5) is 19.4. The van der Waals surface area contributed by atoms with Crippen molar-refractivity contribution >= 4 is 11.6 Å². The van der Waals surface area contributed by atoms with Crippen molar-refractivity contribution in [2.24, 2.45) is 5.92 Å². The fourth-order valence-corrected chi connectivity index (χ4v) is 4.03. The number of fused-ring (bicyclic) bond motifs is 1. The third-order valence-electron chi connectivity index (χ3n) is 5.69. The van der Waals surface area contributed by atoms with Crippen LogP contribution in [-0.2, 0) is 4.79 Å². The van der Waals surface area contributed by atoms with E-state index in [0.29, 0.717) is 12.3 Å². The molecule has 28 heavy (non-hydrogen) atoms. The summed E-state index contributed by atoms with van der Waals surface area (Å²) in [5.41, 5.74) is 4.52. The first-order valence-electron chi connectivity index (χ1n) is 10.1. The lowest BCUT2D eigenvalue weighted by Crippen LogP contribution is -2.42. The molecule has 1 amide bonds. The summed E-state index contributed by atoms with van der Waals surface area (Å²) < 4.78 is 7.48. The van der Waals surface area contributed by atoms with Crippen LogP contribution in [0, 0.1) is 19.8 Å². The zero-order valence-corrected chi connectivity index (χ0v) is 17.0. The molecule has 0 unspecified atom stereocenters. The monoisotopic (exact) mass is 381 g/mol. The van der Waals surface area contributed by atoms with Crippen molar-refractivity contribution in [2.45, 2.75) is 52.9 Å². The van der Waals surface area contributed by atoms with Gasteiger partial charge in [0.1, 0.15) is 0 Å². The summed E-state index contributed by atoms with van der Waals surface area (Å²) in [6, 6.07) is 3.90. The molecule has 148 valence electrons. The summed E-state index contributed by atoms with van der Waals surface area (Å²) in [5, 5.41) is 8.74. The SMILES string of the molecule is CC[C@@H](C)C(=O)N1CCC[C@H](c2c(-c3cc(C)no3)cnc3cc(C)nn23)C1. The molecule has 0 saturated carbocycles. The summed E-state index contributed by atoms with van der Waals surface area (Å²) in [6.07, 6.45) is 4.69. The Bertz CT molecular complexity index is 1010. The van der Waals surface area contributed by atoms with Crippen molar-refractivity contribution in [1.82, 2.24) is 24.7 Å². The van der Waals surface area contributed by atoms with Gasteiger partial charge < -0.3 is 9.42 Å². The lowest BCUT2D eigenvalue weighted by molar-refractivity contribution is -0.136. The molecule has 1 fully saturated rings. The van der Waals surface area contributed by atoms with Gasteiger partial charge in [-0.3, -0.25) is 4.79 Å². The number of nitrogens with zero attached hydrogens (tertiary/aromatic N) is 5. The molecule has 1 saturated heterocycles. The molecular formula is C21H27N5O2. The normalized spacial score (nSPS) is 18.6. The molecule has 4 heterocycles. The van der Waals surface area contributed by atoms with Crippen LogP contribution < -0.4 is 0 Å². The molecule has 4 rings (SSSR count). The van der Waals surface area contributed by atoms with Crippen molar-refractivity contribution < 1.29 is 9.32 Å². The average molecular weight is 381 g/mol. The molecule has 1 aliphatic rings. The highest BCUT2D eigenvalue weighted by atomic mass is 16.5. The molecule has 0 radical (unpaired) electrons. The summed E-state index contributed by atoms with van der Waals surface area (Å²) >= 11 is 0. The van der Waals surface area contributed by atoms with E-state index >= 15 is 0 Å². The maximum absolute atomic E-state index is 12.8. The predicted octanol–water partition coefficient (Wildman–Crippen LogP) is 3.75. The van der Waals surface area contributed by atoms with Gasteiger partial charge in [-0.25, -0.2) is 9.50 Å². The van der Waals surface area contributed by atoms with Gasteiger partial charge in [-0.15, -0.1) is 0 Å². The van der Waals surface area contributed by atoms with Crippen LogP contribution in [0.1, 0.15) is 56.1 Å². The molecule has 7 nitrogen and oxygen atoms in total. The number of amides is 1. The minimum absolute atomic E-state index is 0.0551. The average Bonchev–Trinajstić information content (AvgIpc) is 3.30. The lowest BCUT2D eigenvalue weighted by atomic mass is 9.90. The van der Waals surface area contributed by atoms with Crippen LogP contribution in [0.2, 0.25) is 0 Å². The van der Waals surface area contributed by atoms with Gasteiger partial charge in [0, 0.05) is 43.3 Å². The first kappa shape index (κ1) is 18.7. The molecule has 7 heteroatoms. The molecule has 1 aliphatic heterocycles. The highest BCUT2D eigenvalue weighted by Gasteiger charge is 2.31. The summed E-state index contributed by atoms with van der Waals surface area (Å²) in [5.74, 6) is 1.16. The number of carbonyl (C=O) groups is 1. The van der Waals surface area contributed by atoms with Crippen molar-refractivity contribution in [2.75, 3.05) is 13.1 Å². The number of aromatic nitrogens is 4. The Morgan fingerprint density at radius 2 is 2.14 bits per heavy atom. The van der Waals surface area contributed by atoms with Gasteiger partial charge in [0.2, 0.25) is 5.91 Å². The van der Waals surface area contributed by atoms with Crippen molar-refractivity contribution in [3.63, 3.8) is 0 Å². The second-order valence-corrected chi connectivity index (χ2v) is 7.88. The Balaban J connectivity index is 1.78. The highest BCUT2D eigenvalue weighted by Crippen LogP contribution is 2.35. The van der Waals surface area contributed by atoms with E-state index in [0.717, 1.165) is 54.1 Å². The molecule has 2 atom stereocenters. The Labute approximate surface area is 164 Å². The maximum atomic E-state index is 12.8. The van der Waals surface area contributed by atoms with Crippen molar-refractivity contribution in [3.05, 3.63) is 35.4 Å². The van der Waals surface area contributed by atoms with E-state index in [1.54, 1.807) is 0 Å². The smallest absolute Gasteiger partial charge is 0.225 e. The number of carbonyl (C=O) groups excluding carboxylic acids is 1. The first-order chi connectivity index (χ1) is 13.5. The van der Waals surface area contributed by atoms with E-state index in [2.05, 4.69) is 17.1 Å². The van der Waals surface area contributed by atoms with E-state index in [4.69, 9.17) is 9.62 Å². The van der Waals surface area contributed by atoms with Crippen molar-refractivity contribution in [1.29, 1.82) is 0 Å². The van der Waals surface area contributed by atoms with Gasteiger partial charge in [-0.2, -0.15) is 5.10 Å². The zero-order chi connectivity index (χ0) is 19.8. The number of aryl methyl sites for hydroxylation is 2. The van der Waals surface area contributed by atoms with E-state index in [-0.39, 0.29) is 17.7 Å². The van der Waals surface area contributed by atoms with Gasteiger partial charge in [-0.1, -0.05) is 19.0 Å². The van der Waals surface area contributed by atoms with Gasteiger partial charge in [0.15, 0.2) is 11.4 Å². The second-order valence-electron chi connectivity index (χ2n) is 7.88. The topological polar surface area (TPSA) is 76.5 Å². The minimum atomic E-state index is 0.0551. The van der Waals surface area contributed by atoms with Crippen LogP contribution in [0.3, 0.4) is 0 Å². The molecule has 0 aromatic carbocycles. The Hall–Kier alpha value is -2.70. The zero-order valence-electron chi connectivity index (χ0n) is 17.0. The molecule has 0 N–H and O–H groups in total. The Morgan fingerprint density at radius 3 is 2.86 bits per heavy atom. The van der Waals surface area contributed by atoms with E-state index in [1.165, 1.54) is 0 Å². The van der Waals surface area contributed by atoms with Crippen LogP contribution in [0.25, 0.3) is 17.0 Å². The number of rotatable bonds is 4. The third-order valence-corrected chi connectivity index (χ3v) is 5.69. The van der Waals surface area contributed by atoms with E-state index in [9.17, 15) is 4.79 Å². The quantitative estimate of drug-likeness (QED) is 0.688. The first-order valence-corrected chi connectivity index (χ1v) is 10.1. The van der Waals surface area contributed by atoms with Gasteiger partial charge >= 0.3 is 0 Å². The van der Waals surface area contributed by atoms with E-state index < -0.39 is 0 Å². The third kappa shape index (κ3) is 3.30. The lowest BCUT2D eigenvalue weighted by Gasteiger charge is -2.35.